The minimum absolute atomic E-state index is 0.137. The molecule has 0 fully saturated rings. The van der Waals surface area contributed by atoms with Crippen LogP contribution in [0.4, 0.5) is 0 Å². The molecular formula is C15H29NO3. The molecule has 3 N–H and O–H groups in total. The van der Waals surface area contributed by atoms with E-state index in [2.05, 4.69) is 6.92 Å². The summed E-state index contributed by atoms with van der Waals surface area (Å²) in [6, 6.07) is -0.932. The summed E-state index contributed by atoms with van der Waals surface area (Å²) in [5.74, 6) is -1.18. The Morgan fingerprint density at radius 2 is 1.58 bits per heavy atom. The molecule has 2 atom stereocenters. The summed E-state index contributed by atoms with van der Waals surface area (Å²) in [6.07, 6.45) is 9.13. The van der Waals surface area contributed by atoms with Gasteiger partial charge in [0.2, 0.25) is 0 Å². The normalized spacial score (nSPS) is 14.1. The van der Waals surface area contributed by atoms with Gasteiger partial charge in [-0.05, 0) is 12.3 Å². The first kappa shape index (κ1) is 18.1. The zero-order valence-corrected chi connectivity index (χ0v) is 12.4. The Morgan fingerprint density at radius 1 is 1.05 bits per heavy atom. The van der Waals surface area contributed by atoms with E-state index in [4.69, 9.17) is 10.8 Å². The van der Waals surface area contributed by atoms with E-state index in [9.17, 15) is 9.59 Å². The molecule has 0 aliphatic heterocycles. The van der Waals surface area contributed by atoms with Crippen LogP contribution in [0, 0.1) is 5.92 Å². The summed E-state index contributed by atoms with van der Waals surface area (Å²) >= 11 is 0. The Hall–Kier alpha value is -0.900. The van der Waals surface area contributed by atoms with Gasteiger partial charge in [-0.1, -0.05) is 52.4 Å². The number of rotatable bonds is 12. The molecule has 0 aromatic heterocycles. The lowest BCUT2D eigenvalue weighted by molar-refractivity contribution is -0.139. The number of aliphatic carboxylic acids is 1. The van der Waals surface area contributed by atoms with Gasteiger partial charge in [0, 0.05) is 12.8 Å². The average Bonchev–Trinajstić information content (AvgIpc) is 2.36. The molecule has 112 valence electrons. The Balaban J connectivity index is 3.56. The Morgan fingerprint density at radius 3 is 2.11 bits per heavy atom. The number of carbonyl (C=O) groups excluding carboxylic acids is 1. The fraction of sp³-hybridized carbons (Fsp3) is 0.867. The second kappa shape index (κ2) is 11.0. The van der Waals surface area contributed by atoms with E-state index in [0.717, 1.165) is 12.8 Å². The molecule has 0 saturated carbocycles. The van der Waals surface area contributed by atoms with Crippen LogP contribution in [0.3, 0.4) is 0 Å². The first-order valence-corrected chi connectivity index (χ1v) is 7.49. The number of unbranched alkanes of at least 4 members (excludes halogenated alkanes) is 6. The van der Waals surface area contributed by atoms with Crippen molar-refractivity contribution in [1.82, 2.24) is 0 Å². The minimum atomic E-state index is -1.03. The fourth-order valence-electron chi connectivity index (χ4n) is 2.11. The molecule has 0 amide bonds. The van der Waals surface area contributed by atoms with Gasteiger partial charge in [0.1, 0.15) is 11.8 Å². The lowest BCUT2D eigenvalue weighted by Gasteiger charge is -2.14. The van der Waals surface area contributed by atoms with Crippen molar-refractivity contribution in [3.63, 3.8) is 0 Å². The van der Waals surface area contributed by atoms with Crippen LogP contribution in [-0.4, -0.2) is 22.9 Å². The van der Waals surface area contributed by atoms with Crippen LogP contribution in [0.1, 0.15) is 71.6 Å². The fourth-order valence-corrected chi connectivity index (χ4v) is 2.11. The van der Waals surface area contributed by atoms with Crippen molar-refractivity contribution in [2.45, 2.75) is 77.7 Å². The summed E-state index contributed by atoms with van der Waals surface area (Å²) in [7, 11) is 0. The van der Waals surface area contributed by atoms with Crippen LogP contribution in [0.5, 0.6) is 0 Å². The van der Waals surface area contributed by atoms with Gasteiger partial charge in [-0.2, -0.15) is 0 Å². The maximum Gasteiger partial charge on any atom is 0.320 e. The molecule has 0 heterocycles. The number of hydrogen-bond acceptors (Lipinski definition) is 3. The van der Waals surface area contributed by atoms with Crippen molar-refractivity contribution < 1.29 is 14.7 Å². The second-order valence-electron chi connectivity index (χ2n) is 5.46. The quantitative estimate of drug-likeness (QED) is 0.534. The van der Waals surface area contributed by atoms with Gasteiger partial charge in [0.05, 0.1) is 0 Å². The van der Waals surface area contributed by atoms with Gasteiger partial charge in [-0.3, -0.25) is 9.59 Å². The number of carboxylic acids is 1. The SMILES string of the molecule is CCCCCCCCCC(=O)CC(C)[C@@H](N)C(=O)O. The van der Waals surface area contributed by atoms with Gasteiger partial charge in [-0.25, -0.2) is 0 Å². The lowest BCUT2D eigenvalue weighted by atomic mass is 9.94. The summed E-state index contributed by atoms with van der Waals surface area (Å²) in [6.45, 7) is 3.92. The highest BCUT2D eigenvalue weighted by Gasteiger charge is 2.21. The highest BCUT2D eigenvalue weighted by molar-refractivity contribution is 5.80. The standard InChI is InChI=1S/C15H29NO3/c1-3-4-5-6-7-8-9-10-13(17)11-12(2)14(16)15(18)19/h12,14H,3-11,16H2,1-2H3,(H,18,19)/t12?,14-/m1/s1. The highest BCUT2D eigenvalue weighted by atomic mass is 16.4. The first-order valence-electron chi connectivity index (χ1n) is 7.49. The monoisotopic (exact) mass is 271 g/mol. The number of ketones is 1. The third kappa shape index (κ3) is 9.65. The van der Waals surface area contributed by atoms with Gasteiger partial charge in [0.25, 0.3) is 0 Å². The molecule has 0 aliphatic carbocycles. The Kier molecular flexibility index (Phi) is 10.5. The molecule has 1 unspecified atom stereocenters. The largest absolute Gasteiger partial charge is 0.480 e. The van der Waals surface area contributed by atoms with Crippen molar-refractivity contribution in [2.75, 3.05) is 0 Å². The molecule has 0 spiro atoms. The lowest BCUT2D eigenvalue weighted by Crippen LogP contribution is -2.37. The molecular weight excluding hydrogens is 242 g/mol. The summed E-state index contributed by atoms with van der Waals surface area (Å²) in [4.78, 5) is 22.3. The van der Waals surface area contributed by atoms with Crippen LogP contribution in [0.15, 0.2) is 0 Å². The molecule has 0 bridgehead atoms. The Bertz CT molecular complexity index is 266. The van der Waals surface area contributed by atoms with E-state index in [1.807, 2.05) is 0 Å². The third-order valence-corrected chi connectivity index (χ3v) is 3.51. The van der Waals surface area contributed by atoms with E-state index in [1.165, 1.54) is 32.1 Å². The Labute approximate surface area is 116 Å². The first-order chi connectivity index (χ1) is 8.99. The van der Waals surface area contributed by atoms with E-state index < -0.39 is 12.0 Å². The van der Waals surface area contributed by atoms with Crippen LogP contribution in [-0.2, 0) is 9.59 Å². The van der Waals surface area contributed by atoms with Crippen molar-refractivity contribution in [3.05, 3.63) is 0 Å². The highest BCUT2D eigenvalue weighted by Crippen LogP contribution is 2.13. The van der Waals surface area contributed by atoms with Crippen molar-refractivity contribution in [1.29, 1.82) is 0 Å². The topological polar surface area (TPSA) is 80.4 Å². The van der Waals surface area contributed by atoms with Crippen LogP contribution >= 0.6 is 0 Å². The van der Waals surface area contributed by atoms with Gasteiger partial charge >= 0.3 is 5.97 Å². The number of carbonyl (C=O) groups is 2. The number of Topliss-reactive ketones (excluding diaryl/α,β-unsaturated/α-hetero) is 1. The molecule has 4 heteroatoms. The molecule has 4 nitrogen and oxygen atoms in total. The van der Waals surface area contributed by atoms with Crippen molar-refractivity contribution in [3.8, 4) is 0 Å². The van der Waals surface area contributed by atoms with E-state index in [0.29, 0.717) is 6.42 Å². The summed E-state index contributed by atoms with van der Waals surface area (Å²) in [5.41, 5.74) is 5.48. The smallest absolute Gasteiger partial charge is 0.320 e. The molecule has 0 aliphatic rings. The average molecular weight is 271 g/mol. The molecule has 0 aromatic rings. The van der Waals surface area contributed by atoms with E-state index in [1.54, 1.807) is 6.92 Å². The van der Waals surface area contributed by atoms with E-state index >= 15 is 0 Å². The van der Waals surface area contributed by atoms with Crippen LogP contribution < -0.4 is 5.73 Å². The zero-order valence-electron chi connectivity index (χ0n) is 12.4. The number of hydrogen-bond donors (Lipinski definition) is 2. The van der Waals surface area contributed by atoms with Gasteiger partial charge < -0.3 is 10.8 Å². The van der Waals surface area contributed by atoms with Crippen molar-refractivity contribution in [2.24, 2.45) is 11.7 Å². The van der Waals surface area contributed by atoms with Crippen molar-refractivity contribution >= 4 is 11.8 Å². The predicted octanol–water partition coefficient (Wildman–Crippen LogP) is 3.13. The predicted molar refractivity (Wildman–Crippen MR) is 77.0 cm³/mol. The summed E-state index contributed by atoms with van der Waals surface area (Å²) in [5, 5.41) is 8.75. The van der Waals surface area contributed by atoms with Gasteiger partial charge in [-0.15, -0.1) is 0 Å². The zero-order chi connectivity index (χ0) is 14.7. The van der Waals surface area contributed by atoms with Crippen LogP contribution in [0.2, 0.25) is 0 Å². The third-order valence-electron chi connectivity index (χ3n) is 3.51. The molecule has 0 radical (unpaired) electrons. The molecule has 0 aromatic carbocycles. The number of carboxylic acid groups (broad SMARTS) is 1. The van der Waals surface area contributed by atoms with E-state index in [-0.39, 0.29) is 18.1 Å². The molecule has 0 rings (SSSR count). The molecule has 19 heavy (non-hydrogen) atoms. The second-order valence-corrected chi connectivity index (χ2v) is 5.46. The number of nitrogens with two attached hydrogens (primary N) is 1. The maximum atomic E-state index is 11.7. The minimum Gasteiger partial charge on any atom is -0.480 e. The molecule has 0 saturated heterocycles. The van der Waals surface area contributed by atoms with Gasteiger partial charge in [0.15, 0.2) is 0 Å². The maximum absolute atomic E-state index is 11.7. The summed E-state index contributed by atoms with van der Waals surface area (Å²) < 4.78 is 0. The van der Waals surface area contributed by atoms with Crippen LogP contribution in [0.25, 0.3) is 0 Å².